The number of morpholine rings is 1. The van der Waals surface area contributed by atoms with Crippen molar-refractivity contribution in [1.29, 1.82) is 0 Å². The van der Waals surface area contributed by atoms with Gasteiger partial charge < -0.3 is 9.64 Å². The molecule has 0 spiro atoms. The maximum Gasteiger partial charge on any atom is 0.240 e. The molecule has 1 N–H and O–H groups in total. The number of anilines is 1. The van der Waals surface area contributed by atoms with Gasteiger partial charge in [-0.1, -0.05) is 29.8 Å². The zero-order chi connectivity index (χ0) is 20.1. The second-order valence-corrected chi connectivity index (χ2v) is 9.16. The van der Waals surface area contributed by atoms with E-state index in [2.05, 4.69) is 21.8 Å². The topological polar surface area (TPSA) is 61.9 Å². The van der Waals surface area contributed by atoms with Crippen molar-refractivity contribution >= 4 is 27.3 Å². The summed E-state index contributed by atoms with van der Waals surface area (Å²) in [5, 5.41) is 0.395. The summed E-state index contributed by atoms with van der Waals surface area (Å²) >= 11 is 5.95. The second kappa shape index (κ2) is 9.24. The van der Waals surface area contributed by atoms with Crippen LogP contribution in [0.3, 0.4) is 0 Å². The van der Waals surface area contributed by atoms with Gasteiger partial charge >= 0.3 is 0 Å². The zero-order valence-electron chi connectivity index (χ0n) is 16.1. The lowest BCUT2D eigenvalue weighted by molar-refractivity contribution is 0.0172. The van der Waals surface area contributed by atoms with Gasteiger partial charge in [0, 0.05) is 50.5 Å². The van der Waals surface area contributed by atoms with E-state index in [0.29, 0.717) is 18.2 Å². The van der Waals surface area contributed by atoms with Gasteiger partial charge in [-0.05, 0) is 35.9 Å². The first-order valence-electron chi connectivity index (χ1n) is 9.21. The molecule has 0 unspecified atom stereocenters. The van der Waals surface area contributed by atoms with E-state index in [9.17, 15) is 8.42 Å². The van der Waals surface area contributed by atoms with Crippen molar-refractivity contribution in [2.75, 3.05) is 51.8 Å². The lowest BCUT2D eigenvalue weighted by atomic mass is 10.0. The maximum absolute atomic E-state index is 12.7. The van der Waals surface area contributed by atoms with Crippen LogP contribution >= 0.6 is 11.6 Å². The van der Waals surface area contributed by atoms with Crippen LogP contribution in [0, 0.1) is 0 Å². The molecule has 0 saturated carbocycles. The monoisotopic (exact) mass is 423 g/mol. The first-order chi connectivity index (χ1) is 13.4. The highest BCUT2D eigenvalue weighted by Gasteiger charge is 2.25. The molecule has 0 aliphatic carbocycles. The molecule has 0 bridgehead atoms. The lowest BCUT2D eigenvalue weighted by Crippen LogP contribution is -2.43. The van der Waals surface area contributed by atoms with Crippen LogP contribution < -0.4 is 9.62 Å². The van der Waals surface area contributed by atoms with Crippen LogP contribution in [0.1, 0.15) is 11.6 Å². The molecule has 0 radical (unpaired) electrons. The fourth-order valence-electron chi connectivity index (χ4n) is 3.25. The molecule has 1 aliphatic rings. The molecule has 1 atom stereocenters. The van der Waals surface area contributed by atoms with Crippen molar-refractivity contribution < 1.29 is 13.2 Å². The minimum absolute atomic E-state index is 0.0749. The molecule has 1 heterocycles. The highest BCUT2D eigenvalue weighted by Crippen LogP contribution is 2.25. The Morgan fingerprint density at radius 2 is 1.82 bits per heavy atom. The van der Waals surface area contributed by atoms with E-state index in [1.165, 1.54) is 6.07 Å². The summed E-state index contributed by atoms with van der Waals surface area (Å²) in [6.45, 7) is 3.09. The molecule has 0 aromatic heterocycles. The first kappa shape index (κ1) is 21.1. The second-order valence-electron chi connectivity index (χ2n) is 6.96. The number of ether oxygens (including phenoxy) is 1. The Hall–Kier alpha value is -1.64. The number of halogens is 1. The minimum Gasteiger partial charge on any atom is -0.379 e. The van der Waals surface area contributed by atoms with Crippen LogP contribution in [0.5, 0.6) is 0 Å². The summed E-state index contributed by atoms with van der Waals surface area (Å²) in [6, 6.07) is 14.4. The molecule has 1 saturated heterocycles. The predicted octanol–water partition coefficient (Wildman–Crippen LogP) is 2.76. The molecule has 8 heteroatoms. The predicted molar refractivity (Wildman–Crippen MR) is 113 cm³/mol. The average molecular weight is 424 g/mol. The number of hydrogen-bond donors (Lipinski definition) is 1. The number of hydrogen-bond acceptors (Lipinski definition) is 5. The largest absolute Gasteiger partial charge is 0.379 e. The van der Waals surface area contributed by atoms with Gasteiger partial charge in [-0.25, -0.2) is 13.1 Å². The van der Waals surface area contributed by atoms with Crippen molar-refractivity contribution in [2.24, 2.45) is 0 Å². The Morgan fingerprint density at radius 1 is 1.14 bits per heavy atom. The van der Waals surface area contributed by atoms with E-state index >= 15 is 0 Å². The highest BCUT2D eigenvalue weighted by atomic mass is 35.5. The third kappa shape index (κ3) is 5.24. The molecule has 1 aliphatic heterocycles. The van der Waals surface area contributed by atoms with Gasteiger partial charge in [0.25, 0.3) is 0 Å². The molecular weight excluding hydrogens is 398 g/mol. The van der Waals surface area contributed by atoms with Gasteiger partial charge in [0.15, 0.2) is 0 Å². The Kier molecular flexibility index (Phi) is 6.95. The Labute approximate surface area is 172 Å². The summed E-state index contributed by atoms with van der Waals surface area (Å²) in [5.41, 5.74) is 2.17. The van der Waals surface area contributed by atoms with Crippen LogP contribution in [0.25, 0.3) is 0 Å². The molecule has 3 rings (SSSR count). The zero-order valence-corrected chi connectivity index (χ0v) is 17.7. The number of nitrogens with zero attached hydrogens (tertiary/aromatic N) is 2. The molecule has 1 fully saturated rings. The maximum atomic E-state index is 12.7. The Balaban J connectivity index is 1.81. The summed E-state index contributed by atoms with van der Waals surface area (Å²) in [7, 11) is 0.341. The third-order valence-corrected chi connectivity index (χ3v) is 6.51. The van der Waals surface area contributed by atoms with Gasteiger partial charge in [-0.3, -0.25) is 4.90 Å². The summed E-state index contributed by atoms with van der Waals surface area (Å²) in [4.78, 5) is 4.47. The number of benzene rings is 2. The standard InChI is InChI=1S/C20H26ClN3O3S/c1-23(2)18-8-6-16(7-9-18)20(24-10-12-27-13-11-24)15-22-28(25,26)19-5-3-4-17(21)14-19/h3-9,14,20,22H,10-13,15H2,1-2H3/t20-/m1/s1. The smallest absolute Gasteiger partial charge is 0.240 e. The fourth-order valence-corrected chi connectivity index (χ4v) is 4.59. The minimum atomic E-state index is -3.65. The molecule has 0 amide bonds. The van der Waals surface area contributed by atoms with Gasteiger partial charge in [0.05, 0.1) is 18.1 Å². The molecule has 2 aromatic carbocycles. The third-order valence-electron chi connectivity index (χ3n) is 4.85. The summed E-state index contributed by atoms with van der Waals surface area (Å²) in [6.07, 6.45) is 0. The average Bonchev–Trinajstić information content (AvgIpc) is 2.69. The first-order valence-corrected chi connectivity index (χ1v) is 11.1. The van der Waals surface area contributed by atoms with E-state index < -0.39 is 10.0 Å². The van der Waals surface area contributed by atoms with E-state index in [0.717, 1.165) is 24.3 Å². The van der Waals surface area contributed by atoms with Crippen LogP contribution in [0.4, 0.5) is 5.69 Å². The van der Waals surface area contributed by atoms with Crippen LogP contribution in [0.2, 0.25) is 5.02 Å². The van der Waals surface area contributed by atoms with Gasteiger partial charge in [-0.2, -0.15) is 0 Å². The lowest BCUT2D eigenvalue weighted by Gasteiger charge is -2.35. The summed E-state index contributed by atoms with van der Waals surface area (Å²) < 4.78 is 33.7. The van der Waals surface area contributed by atoms with Crippen LogP contribution in [-0.4, -0.2) is 60.3 Å². The van der Waals surface area contributed by atoms with Crippen molar-refractivity contribution in [3.05, 3.63) is 59.1 Å². The number of nitrogens with one attached hydrogen (secondary N) is 1. The quantitative estimate of drug-likeness (QED) is 0.742. The number of rotatable bonds is 7. The van der Waals surface area contributed by atoms with E-state index in [-0.39, 0.29) is 17.5 Å². The van der Waals surface area contributed by atoms with E-state index in [1.54, 1.807) is 18.2 Å². The molecule has 28 heavy (non-hydrogen) atoms. The Bertz CT molecular complexity index is 882. The fraction of sp³-hybridized carbons (Fsp3) is 0.400. The van der Waals surface area contributed by atoms with Crippen molar-refractivity contribution in [3.8, 4) is 0 Å². The summed E-state index contributed by atoms with van der Waals surface area (Å²) in [5.74, 6) is 0. The molecular formula is C20H26ClN3O3S. The Morgan fingerprint density at radius 3 is 2.43 bits per heavy atom. The molecule has 6 nitrogen and oxygen atoms in total. The SMILES string of the molecule is CN(C)c1ccc([C@@H](CNS(=O)(=O)c2cccc(Cl)c2)N2CCOCC2)cc1. The number of sulfonamides is 1. The van der Waals surface area contributed by atoms with Crippen LogP contribution in [-0.2, 0) is 14.8 Å². The van der Waals surface area contributed by atoms with Gasteiger partial charge in [0.1, 0.15) is 0 Å². The van der Waals surface area contributed by atoms with E-state index in [4.69, 9.17) is 16.3 Å². The van der Waals surface area contributed by atoms with Crippen molar-refractivity contribution in [1.82, 2.24) is 9.62 Å². The normalized spacial score (nSPS) is 16.7. The van der Waals surface area contributed by atoms with Gasteiger partial charge in [0.2, 0.25) is 10.0 Å². The van der Waals surface area contributed by atoms with Crippen molar-refractivity contribution in [3.63, 3.8) is 0 Å². The van der Waals surface area contributed by atoms with Crippen LogP contribution in [0.15, 0.2) is 53.4 Å². The molecule has 152 valence electrons. The van der Waals surface area contributed by atoms with Crippen molar-refractivity contribution in [2.45, 2.75) is 10.9 Å². The highest BCUT2D eigenvalue weighted by molar-refractivity contribution is 7.89. The van der Waals surface area contributed by atoms with E-state index in [1.807, 2.05) is 31.1 Å². The van der Waals surface area contributed by atoms with Gasteiger partial charge in [-0.15, -0.1) is 0 Å². The molecule has 2 aromatic rings.